The first-order chi connectivity index (χ1) is 28.3. The van der Waals surface area contributed by atoms with Crippen LogP contribution in [0.1, 0.15) is 0 Å². The summed E-state index contributed by atoms with van der Waals surface area (Å²) in [6, 6.07) is 19.6. The van der Waals surface area contributed by atoms with E-state index >= 15 is 0 Å². The van der Waals surface area contributed by atoms with Gasteiger partial charge in [-0.15, -0.1) is 0 Å². The van der Waals surface area contributed by atoms with Crippen LogP contribution in [0.2, 0.25) is 0 Å². The van der Waals surface area contributed by atoms with Crippen molar-refractivity contribution in [2.45, 2.75) is 19.6 Å². The van der Waals surface area contributed by atoms with Gasteiger partial charge in [-0.1, -0.05) is 72.8 Å². The average molecular weight is 919 g/mol. The Morgan fingerprint density at radius 2 is 0.633 bits per heavy atom. The van der Waals surface area contributed by atoms with E-state index in [0.717, 1.165) is 0 Å². The standard InChI is InChI=1S/C32H18N8O12S4.2Al.2H2O/c41-53(42,43)21-19-20(22(54(44,45)46)24(56(50,51)52)23(21)55(47,48)49)32-39-30-18-12-6-4-10-16(18)28(37-30)35-26-14-8-2-1-7-13(14)25(33-26)34-27-15-9-3-5-11-17(15)29(36-27)38-31(19)40-32;;;;/h1-12H,(H,41,42,43)(H,44,45,46)(H,47,48,49)(H,50,51,52)(H2,33,34,35,36,37,38,39,40);;;2*1H2/q;2*+3;;/p-6. The van der Waals surface area contributed by atoms with Crippen molar-refractivity contribution in [2.75, 3.05) is 0 Å². The average Bonchev–Trinajstić information content (AvgIpc) is 3.93. The molecule has 0 radical (unpaired) electrons. The Balaban J connectivity index is 0.00000132. The Morgan fingerprint density at radius 1 is 0.383 bits per heavy atom. The SMILES string of the molecule is O=S(=O)([O-])c1c(S(=O)(=O)[O-])c(S(=O)(=O)[O-])c2c3nc4nc(nc5[nH]c(nc6nc(nc([nH]3)c2c1S(=O)(=O)[O-])-c1ccccc1-6)c1ccccc51)-c1ccccc1-4.[OH][Al+2].[OH][Al+2]. The molecule has 7 aromatic rings. The van der Waals surface area contributed by atoms with Gasteiger partial charge in [-0.3, -0.25) is 0 Å². The molecule has 9 rings (SSSR count). The van der Waals surface area contributed by atoms with Gasteiger partial charge in [0, 0.05) is 43.8 Å². The van der Waals surface area contributed by atoms with E-state index in [1.54, 1.807) is 60.7 Å². The predicted molar refractivity (Wildman–Crippen MR) is 204 cm³/mol. The zero-order valence-corrected chi connectivity index (χ0v) is 34.8. The molecule has 5 heterocycles. The summed E-state index contributed by atoms with van der Waals surface area (Å²) in [6.45, 7) is 0. The minimum absolute atomic E-state index is 0.00648. The van der Waals surface area contributed by atoms with Gasteiger partial charge < -0.3 is 28.2 Å². The van der Waals surface area contributed by atoms with Gasteiger partial charge >= 0.3 is 41.6 Å². The summed E-state index contributed by atoms with van der Waals surface area (Å²) in [5.74, 6) is -0.637. The van der Waals surface area contributed by atoms with Gasteiger partial charge in [-0.2, -0.15) is 0 Å². The van der Waals surface area contributed by atoms with Crippen LogP contribution < -0.4 is 0 Å². The Hall–Kier alpha value is -5.14. The molecule has 0 spiro atoms. The molecule has 4 aromatic carbocycles. The second kappa shape index (κ2) is 15.4. The first kappa shape index (κ1) is 43.0. The molecule has 8 bridgehead atoms. The maximum absolute atomic E-state index is 13.0. The predicted octanol–water partition coefficient (Wildman–Crippen LogP) is 0.610. The number of nitrogens with zero attached hydrogens (tertiary/aromatic N) is 6. The van der Waals surface area contributed by atoms with Crippen molar-refractivity contribution >= 4 is 118 Å². The van der Waals surface area contributed by atoms with Crippen LogP contribution in [0.4, 0.5) is 0 Å². The third-order valence-electron chi connectivity index (χ3n) is 8.82. The molecular formula is C32H16Al2N8O14S4. The van der Waals surface area contributed by atoms with Crippen LogP contribution in [-0.4, -0.2) is 133 Å². The summed E-state index contributed by atoms with van der Waals surface area (Å²) in [6.07, 6.45) is 0. The van der Waals surface area contributed by atoms with Crippen LogP contribution >= 0.6 is 0 Å². The van der Waals surface area contributed by atoms with Crippen molar-refractivity contribution in [2.24, 2.45) is 0 Å². The van der Waals surface area contributed by atoms with Gasteiger partial charge in [0.1, 0.15) is 63.1 Å². The molecule has 298 valence electrons. The second-order valence-electron chi connectivity index (χ2n) is 12.1. The summed E-state index contributed by atoms with van der Waals surface area (Å²) in [5.41, 5.74) is -0.283. The number of aromatic nitrogens is 8. The molecule has 0 saturated heterocycles. The Bertz CT molecular complexity index is 3390. The molecule has 2 aliphatic heterocycles. The Labute approximate surface area is 353 Å². The zero-order valence-electron chi connectivity index (χ0n) is 29.2. The van der Waals surface area contributed by atoms with Gasteiger partial charge in [0.05, 0.1) is 19.6 Å². The number of aromatic amines is 2. The topological polar surface area (TPSA) is 378 Å². The van der Waals surface area contributed by atoms with Crippen molar-refractivity contribution in [1.29, 1.82) is 0 Å². The van der Waals surface area contributed by atoms with Gasteiger partial charge in [0.15, 0.2) is 23.3 Å². The van der Waals surface area contributed by atoms with Gasteiger partial charge in [0.25, 0.3) is 0 Å². The number of benzene rings is 4. The van der Waals surface area contributed by atoms with E-state index in [1.165, 1.54) is 45.4 Å². The molecule has 0 saturated carbocycles. The Morgan fingerprint density at radius 3 is 0.917 bits per heavy atom. The van der Waals surface area contributed by atoms with Crippen LogP contribution in [0, 0.1) is 0 Å². The third-order valence-corrected chi connectivity index (χ3v) is 12.8. The van der Waals surface area contributed by atoms with E-state index < -0.39 is 82.1 Å². The van der Waals surface area contributed by atoms with Crippen molar-refractivity contribution < 1.29 is 60.2 Å². The second-order valence-corrected chi connectivity index (χ2v) is 17.4. The monoisotopic (exact) mass is 918 g/mol. The molecule has 0 fully saturated rings. The molecule has 0 atom stereocenters. The van der Waals surface area contributed by atoms with Crippen LogP contribution in [0.15, 0.2) is 92.4 Å². The van der Waals surface area contributed by atoms with Gasteiger partial charge in [-0.05, 0) is 0 Å². The van der Waals surface area contributed by atoms with E-state index in [-0.39, 0.29) is 45.7 Å². The molecule has 4 N–H and O–H groups in total. The summed E-state index contributed by atoms with van der Waals surface area (Å²) in [7, 11) is -26.0. The van der Waals surface area contributed by atoms with E-state index in [1.807, 2.05) is 0 Å². The van der Waals surface area contributed by atoms with Gasteiger partial charge in [0.2, 0.25) is 0 Å². The molecule has 0 aliphatic carbocycles. The fourth-order valence-corrected chi connectivity index (χ4v) is 11.6. The number of H-pyrrole nitrogens is 2. The molecule has 22 nitrogen and oxygen atoms in total. The molecule has 0 amide bonds. The number of rotatable bonds is 4. The van der Waals surface area contributed by atoms with Crippen molar-refractivity contribution in [3.05, 3.63) is 72.8 Å². The molecule has 2 aliphatic rings. The van der Waals surface area contributed by atoms with Gasteiger partial charge in [-0.25, -0.2) is 63.6 Å². The first-order valence-corrected chi connectivity index (χ1v) is 22.7. The number of hydrogen-bond acceptors (Lipinski definition) is 20. The molecule has 28 heteroatoms. The van der Waals surface area contributed by atoms with E-state index in [9.17, 15) is 51.9 Å². The third kappa shape index (κ3) is 7.27. The summed E-state index contributed by atoms with van der Waals surface area (Å²) in [4.78, 5) is 23.0. The number of nitrogens with one attached hydrogen (secondary N) is 2. The summed E-state index contributed by atoms with van der Waals surface area (Å²) < 4.78 is 168. The quantitative estimate of drug-likeness (QED) is 0.139. The normalized spacial score (nSPS) is 12.6. The zero-order chi connectivity index (χ0) is 43.7. The first-order valence-electron chi connectivity index (χ1n) is 16.0. The maximum atomic E-state index is 13.0. The minimum atomic E-state index is -6.60. The summed E-state index contributed by atoms with van der Waals surface area (Å²) >= 11 is 2.83. The van der Waals surface area contributed by atoms with Crippen molar-refractivity contribution in [3.63, 3.8) is 0 Å². The summed E-state index contributed by atoms with van der Waals surface area (Å²) in [5, 5.41) is -1.56. The van der Waals surface area contributed by atoms with Crippen LogP contribution in [0.25, 0.3) is 89.7 Å². The van der Waals surface area contributed by atoms with Crippen molar-refractivity contribution in [1.82, 2.24) is 39.9 Å². The van der Waals surface area contributed by atoms with Crippen LogP contribution in [0.5, 0.6) is 0 Å². The number of fused-ring (bicyclic) bond motifs is 20. The Kier molecular flexibility index (Phi) is 11.0. The van der Waals surface area contributed by atoms with E-state index in [4.69, 9.17) is 18.3 Å². The molecule has 60 heavy (non-hydrogen) atoms. The van der Waals surface area contributed by atoms with E-state index in [2.05, 4.69) is 29.9 Å². The fourth-order valence-electron chi connectivity index (χ4n) is 6.72. The molecule has 0 unspecified atom stereocenters. The molecular weight excluding hydrogens is 903 g/mol. The number of hydrogen-bond donors (Lipinski definition) is 4. The fraction of sp³-hybridized carbons (Fsp3) is 0. The van der Waals surface area contributed by atoms with Crippen LogP contribution in [-0.2, 0) is 40.5 Å². The van der Waals surface area contributed by atoms with E-state index in [0.29, 0.717) is 21.9 Å². The van der Waals surface area contributed by atoms with Crippen LogP contribution in [0.3, 0.4) is 0 Å². The molecule has 3 aromatic heterocycles. The van der Waals surface area contributed by atoms with Crippen molar-refractivity contribution in [3.8, 4) is 45.6 Å².